The van der Waals surface area contributed by atoms with E-state index in [1.165, 1.54) is 38.4 Å². The molecule has 7 nitrogen and oxygen atoms in total. The van der Waals surface area contributed by atoms with E-state index < -0.39 is 0 Å². The van der Waals surface area contributed by atoms with E-state index in [0.29, 0.717) is 34.2 Å². The Morgan fingerprint density at radius 3 is 2.76 bits per heavy atom. The average Bonchev–Trinajstić information content (AvgIpc) is 2.98. The molecule has 2 aromatic rings. The van der Waals surface area contributed by atoms with E-state index in [1.807, 2.05) is 0 Å². The van der Waals surface area contributed by atoms with Crippen molar-refractivity contribution in [3.8, 4) is 0 Å². The van der Waals surface area contributed by atoms with E-state index >= 15 is 0 Å². The van der Waals surface area contributed by atoms with Crippen LogP contribution in [0.5, 0.6) is 0 Å². The molecule has 25 heavy (non-hydrogen) atoms. The van der Waals surface area contributed by atoms with Crippen molar-refractivity contribution >= 4 is 34.5 Å². The Kier molecular flexibility index (Phi) is 3.26. The smallest absolute Gasteiger partial charge is 0.242 e. The first-order valence-corrected chi connectivity index (χ1v) is 9.31. The molecule has 0 spiro atoms. The second kappa shape index (κ2) is 5.30. The van der Waals surface area contributed by atoms with Crippen molar-refractivity contribution in [1.29, 1.82) is 0 Å². The Balaban J connectivity index is 1.33. The van der Waals surface area contributed by atoms with Crippen LogP contribution in [-0.4, -0.2) is 25.8 Å². The number of hydrazine groups is 1. The summed E-state index contributed by atoms with van der Waals surface area (Å²) >= 11 is 5.93. The van der Waals surface area contributed by atoms with Crippen molar-refractivity contribution in [3.05, 3.63) is 11.6 Å². The minimum absolute atomic E-state index is 0.0693. The molecule has 0 radical (unpaired) electrons. The second-order valence-electron chi connectivity index (χ2n) is 8.36. The molecule has 0 aliphatic heterocycles. The largest absolute Gasteiger partial charge is 0.340 e. The number of aromatic nitrogens is 4. The number of nitrogens with zero attached hydrogens (tertiary/aromatic N) is 3. The van der Waals surface area contributed by atoms with Crippen molar-refractivity contribution < 1.29 is 4.79 Å². The van der Waals surface area contributed by atoms with Crippen molar-refractivity contribution in [1.82, 2.24) is 25.4 Å². The van der Waals surface area contributed by atoms with Gasteiger partial charge in [0.05, 0.1) is 6.33 Å². The molecule has 2 unspecified atom stereocenters. The molecule has 4 fully saturated rings. The SMILES string of the molecule is CC12CC3CC(C1)C(C(=O)NNc1nc(Cl)nc4nc[nH]c14)C(C3)C2. The normalized spacial score (nSPS) is 35.9. The van der Waals surface area contributed by atoms with Gasteiger partial charge >= 0.3 is 0 Å². The summed E-state index contributed by atoms with van der Waals surface area (Å²) in [7, 11) is 0. The van der Waals surface area contributed by atoms with Gasteiger partial charge in [0.15, 0.2) is 11.5 Å². The molecule has 1 amide bonds. The number of rotatable bonds is 3. The van der Waals surface area contributed by atoms with Crippen molar-refractivity contribution in [3.63, 3.8) is 0 Å². The third-order valence-corrected chi connectivity index (χ3v) is 6.61. The lowest BCUT2D eigenvalue weighted by Gasteiger charge is -2.58. The van der Waals surface area contributed by atoms with Crippen LogP contribution in [0.15, 0.2) is 6.33 Å². The number of hydrogen-bond acceptors (Lipinski definition) is 5. The van der Waals surface area contributed by atoms with Gasteiger partial charge in [-0.1, -0.05) is 6.92 Å². The lowest BCUT2D eigenvalue weighted by Crippen LogP contribution is -2.54. The molecular weight excluding hydrogens is 340 g/mol. The van der Waals surface area contributed by atoms with Gasteiger partial charge in [0.1, 0.15) is 5.52 Å². The van der Waals surface area contributed by atoms with Crippen LogP contribution in [0.1, 0.15) is 39.0 Å². The fraction of sp³-hybridized carbons (Fsp3) is 0.647. The summed E-state index contributed by atoms with van der Waals surface area (Å²) in [6.07, 6.45) is 7.65. The molecule has 0 saturated heterocycles. The van der Waals surface area contributed by atoms with E-state index in [4.69, 9.17) is 11.6 Å². The lowest BCUT2D eigenvalue weighted by atomic mass is 9.46. The number of anilines is 1. The summed E-state index contributed by atoms with van der Waals surface area (Å²) in [6.45, 7) is 2.41. The minimum Gasteiger partial charge on any atom is -0.340 e. The third kappa shape index (κ3) is 2.47. The Hall–Kier alpha value is -1.89. The van der Waals surface area contributed by atoms with Crippen LogP contribution in [0.3, 0.4) is 0 Å². The van der Waals surface area contributed by atoms with Crippen molar-refractivity contribution in [2.45, 2.75) is 39.0 Å². The molecule has 2 aromatic heterocycles. The van der Waals surface area contributed by atoms with E-state index in [0.717, 1.165) is 5.92 Å². The molecule has 8 heteroatoms. The maximum Gasteiger partial charge on any atom is 0.242 e. The minimum atomic E-state index is 0.0693. The van der Waals surface area contributed by atoms with Crippen LogP contribution in [0.2, 0.25) is 5.28 Å². The summed E-state index contributed by atoms with van der Waals surface area (Å²) in [5.41, 5.74) is 7.35. The van der Waals surface area contributed by atoms with Crippen LogP contribution in [0.25, 0.3) is 11.2 Å². The zero-order valence-corrected chi connectivity index (χ0v) is 14.8. The first kappa shape index (κ1) is 15.4. The number of halogens is 1. The highest BCUT2D eigenvalue weighted by Crippen LogP contribution is 2.61. The number of imidazole rings is 1. The summed E-state index contributed by atoms with van der Waals surface area (Å²) in [5.74, 6) is 2.46. The van der Waals surface area contributed by atoms with E-state index in [1.54, 1.807) is 0 Å². The van der Waals surface area contributed by atoms with Crippen molar-refractivity contribution in [2.75, 3.05) is 5.43 Å². The Morgan fingerprint density at radius 2 is 2.04 bits per heavy atom. The molecule has 4 aliphatic carbocycles. The van der Waals surface area contributed by atoms with Gasteiger partial charge in [0.2, 0.25) is 11.2 Å². The van der Waals surface area contributed by atoms with E-state index in [9.17, 15) is 4.79 Å². The standard InChI is InChI=1S/C17H21ClN6O/c1-17-4-8-2-9(5-17)11(10(3-8)6-17)15(25)24-23-14-12-13(20-7-19-12)21-16(18)22-14/h7-11H,2-6H2,1H3,(H,24,25)(H2,19,20,21,22,23). The molecule has 0 aromatic carbocycles. The highest BCUT2D eigenvalue weighted by molar-refractivity contribution is 6.28. The van der Waals surface area contributed by atoms with Crippen LogP contribution >= 0.6 is 11.6 Å². The Morgan fingerprint density at radius 1 is 1.28 bits per heavy atom. The molecule has 2 atom stereocenters. The molecule has 2 heterocycles. The van der Waals surface area contributed by atoms with Gasteiger partial charge in [0.25, 0.3) is 0 Å². The maximum absolute atomic E-state index is 12.9. The summed E-state index contributed by atoms with van der Waals surface area (Å²) < 4.78 is 0. The van der Waals surface area contributed by atoms with Gasteiger partial charge in [-0.25, -0.2) is 4.98 Å². The monoisotopic (exact) mass is 360 g/mol. The zero-order chi connectivity index (χ0) is 17.2. The van der Waals surface area contributed by atoms with Crippen LogP contribution in [0.4, 0.5) is 5.82 Å². The number of carbonyl (C=O) groups is 1. The van der Waals surface area contributed by atoms with Crippen LogP contribution in [-0.2, 0) is 4.79 Å². The Labute approximate surface area is 150 Å². The molecule has 6 rings (SSSR count). The fourth-order valence-corrected chi connectivity index (χ4v) is 6.12. The first-order valence-electron chi connectivity index (χ1n) is 8.93. The summed E-state index contributed by atoms with van der Waals surface area (Å²) in [4.78, 5) is 28.1. The second-order valence-corrected chi connectivity index (χ2v) is 8.70. The van der Waals surface area contributed by atoms with Gasteiger partial charge < -0.3 is 4.98 Å². The molecular formula is C17H21ClN6O. The third-order valence-electron chi connectivity index (χ3n) is 6.44. The highest BCUT2D eigenvalue weighted by atomic mass is 35.5. The molecule has 4 saturated carbocycles. The van der Waals surface area contributed by atoms with Crippen LogP contribution in [0, 0.1) is 29.1 Å². The average molecular weight is 361 g/mol. The number of hydrogen-bond donors (Lipinski definition) is 3. The van der Waals surface area contributed by atoms with E-state index in [2.05, 4.69) is 37.7 Å². The van der Waals surface area contributed by atoms with Gasteiger partial charge in [0, 0.05) is 5.92 Å². The van der Waals surface area contributed by atoms with E-state index in [-0.39, 0.29) is 17.1 Å². The number of amides is 1. The molecule has 4 bridgehead atoms. The van der Waals surface area contributed by atoms with Gasteiger partial charge in [-0.05, 0) is 66.9 Å². The molecule has 4 aliphatic rings. The van der Waals surface area contributed by atoms with Crippen LogP contribution < -0.4 is 10.9 Å². The van der Waals surface area contributed by atoms with Gasteiger partial charge in [-0.15, -0.1) is 0 Å². The first-order chi connectivity index (χ1) is 12.0. The summed E-state index contributed by atoms with van der Waals surface area (Å²) in [5, 5.41) is 0.0962. The predicted octanol–water partition coefficient (Wildman–Crippen LogP) is 2.91. The molecule has 132 valence electrons. The van der Waals surface area contributed by atoms with Gasteiger partial charge in [-0.2, -0.15) is 9.97 Å². The summed E-state index contributed by atoms with van der Waals surface area (Å²) in [6, 6.07) is 0. The number of fused-ring (bicyclic) bond motifs is 1. The fourth-order valence-electron chi connectivity index (χ4n) is 5.96. The number of nitrogens with one attached hydrogen (secondary N) is 3. The quantitative estimate of drug-likeness (QED) is 0.577. The maximum atomic E-state index is 12.9. The van der Waals surface area contributed by atoms with Gasteiger partial charge in [-0.3, -0.25) is 15.6 Å². The Bertz CT molecular complexity index is 835. The van der Waals surface area contributed by atoms with Crippen molar-refractivity contribution in [2.24, 2.45) is 29.1 Å². The molecule has 3 N–H and O–H groups in total. The topological polar surface area (TPSA) is 95.6 Å². The number of carbonyl (C=O) groups excluding carboxylic acids is 1. The number of aromatic amines is 1. The number of H-pyrrole nitrogens is 1. The highest BCUT2D eigenvalue weighted by Gasteiger charge is 2.55. The lowest BCUT2D eigenvalue weighted by molar-refractivity contribution is -0.144. The zero-order valence-electron chi connectivity index (χ0n) is 14.1. The predicted molar refractivity (Wildman–Crippen MR) is 93.6 cm³/mol.